The van der Waals surface area contributed by atoms with Gasteiger partial charge in [-0.25, -0.2) is 13.4 Å². The van der Waals surface area contributed by atoms with E-state index in [0.717, 1.165) is 22.6 Å². The van der Waals surface area contributed by atoms with Crippen molar-refractivity contribution in [3.8, 4) is 17.0 Å². The summed E-state index contributed by atoms with van der Waals surface area (Å²) in [6.07, 6.45) is 1.30. The Morgan fingerprint density at radius 3 is 2.84 bits per heavy atom. The Labute approximate surface area is 189 Å². The van der Waals surface area contributed by atoms with Crippen molar-refractivity contribution in [1.82, 2.24) is 9.29 Å². The Bertz CT molecular complexity index is 1170. The number of carbonyl (C=O) groups excluding carboxylic acids is 1. The van der Waals surface area contributed by atoms with Gasteiger partial charge in [-0.15, -0.1) is 22.7 Å². The molecule has 0 aliphatic carbocycles. The van der Waals surface area contributed by atoms with E-state index in [1.165, 1.54) is 27.0 Å². The summed E-state index contributed by atoms with van der Waals surface area (Å²) in [5.41, 5.74) is 2.73. The lowest BCUT2D eigenvalue weighted by molar-refractivity contribution is -0.120. The molecule has 0 spiro atoms. The van der Waals surface area contributed by atoms with Gasteiger partial charge in [0.1, 0.15) is 9.96 Å². The molecule has 31 heavy (non-hydrogen) atoms. The van der Waals surface area contributed by atoms with Gasteiger partial charge in [0.05, 0.1) is 18.7 Å². The maximum atomic E-state index is 12.8. The largest absolute Gasteiger partial charge is 0.496 e. The fourth-order valence-corrected chi connectivity index (χ4v) is 7.01. The van der Waals surface area contributed by atoms with E-state index in [1.54, 1.807) is 24.6 Å². The highest BCUT2D eigenvalue weighted by Crippen LogP contribution is 2.30. The Kier molecular flexibility index (Phi) is 6.42. The van der Waals surface area contributed by atoms with E-state index < -0.39 is 15.9 Å². The van der Waals surface area contributed by atoms with Crippen molar-refractivity contribution in [2.75, 3.05) is 25.5 Å². The molecule has 0 saturated carbocycles. The molecule has 1 N–H and O–H groups in total. The van der Waals surface area contributed by atoms with Crippen molar-refractivity contribution < 1.29 is 17.9 Å². The molecule has 164 valence electrons. The summed E-state index contributed by atoms with van der Waals surface area (Å²) in [5, 5.41) is 7.01. The van der Waals surface area contributed by atoms with E-state index >= 15 is 0 Å². The highest BCUT2D eigenvalue weighted by atomic mass is 32.2. The number of benzene rings is 1. The van der Waals surface area contributed by atoms with Crippen LogP contribution in [0, 0.1) is 12.8 Å². The first-order valence-electron chi connectivity index (χ1n) is 9.83. The second kappa shape index (κ2) is 9.07. The Balaban J connectivity index is 1.43. The number of aromatic nitrogens is 1. The van der Waals surface area contributed by atoms with Gasteiger partial charge in [0.25, 0.3) is 10.0 Å². The van der Waals surface area contributed by atoms with Crippen LogP contribution in [0.15, 0.2) is 45.3 Å². The number of hydrogen-bond donors (Lipinski definition) is 1. The van der Waals surface area contributed by atoms with Crippen molar-refractivity contribution in [1.29, 1.82) is 0 Å². The van der Waals surface area contributed by atoms with Gasteiger partial charge in [-0.2, -0.15) is 4.31 Å². The van der Waals surface area contributed by atoms with Crippen molar-refractivity contribution in [3.63, 3.8) is 0 Å². The Morgan fingerprint density at radius 1 is 1.29 bits per heavy atom. The number of ether oxygens (including phenoxy) is 1. The topological polar surface area (TPSA) is 88.6 Å². The van der Waals surface area contributed by atoms with E-state index in [-0.39, 0.29) is 12.5 Å². The van der Waals surface area contributed by atoms with Crippen LogP contribution < -0.4 is 10.1 Å². The summed E-state index contributed by atoms with van der Waals surface area (Å²) in [4.78, 5) is 17.4. The number of nitrogens with zero attached hydrogens (tertiary/aromatic N) is 2. The number of rotatable bonds is 6. The van der Waals surface area contributed by atoms with E-state index in [1.807, 2.05) is 30.5 Å². The zero-order valence-electron chi connectivity index (χ0n) is 17.2. The molecule has 1 aliphatic heterocycles. The van der Waals surface area contributed by atoms with Crippen LogP contribution in [0.5, 0.6) is 5.75 Å². The standard InChI is InChI=1S/C21H23N3O4S3/c1-14-11-15(7-8-18(14)28-2)17-13-30-21(22-17)23-20(25)16-5-3-9-24(12-16)31(26,27)19-6-4-10-29-19/h4,6-8,10-11,13,16H,3,5,9,12H2,1-2H3,(H,22,23,25). The van der Waals surface area contributed by atoms with Gasteiger partial charge in [0.15, 0.2) is 5.13 Å². The molecule has 3 aromatic rings. The quantitative estimate of drug-likeness (QED) is 0.574. The molecule has 7 nitrogen and oxygen atoms in total. The van der Waals surface area contributed by atoms with Crippen LogP contribution in [-0.2, 0) is 14.8 Å². The first kappa shape index (κ1) is 21.9. The summed E-state index contributed by atoms with van der Waals surface area (Å²) in [5.74, 6) is 0.212. The molecular weight excluding hydrogens is 454 g/mol. The minimum atomic E-state index is -3.55. The zero-order valence-corrected chi connectivity index (χ0v) is 19.6. The molecule has 1 unspecified atom stereocenters. The molecule has 2 aromatic heterocycles. The lowest BCUT2D eigenvalue weighted by atomic mass is 9.99. The number of piperidine rings is 1. The summed E-state index contributed by atoms with van der Waals surface area (Å²) < 4.78 is 32.6. The molecule has 1 amide bonds. The molecule has 1 atom stereocenters. The van der Waals surface area contributed by atoms with Gasteiger partial charge in [-0.05, 0) is 55.0 Å². The molecule has 3 heterocycles. The van der Waals surface area contributed by atoms with Crippen molar-refractivity contribution in [2.24, 2.45) is 5.92 Å². The van der Waals surface area contributed by atoms with Crippen LogP contribution in [0.3, 0.4) is 0 Å². The Hall–Kier alpha value is -2.27. The molecular formula is C21H23N3O4S3. The van der Waals surface area contributed by atoms with Gasteiger partial charge in [-0.3, -0.25) is 4.79 Å². The van der Waals surface area contributed by atoms with Crippen LogP contribution in [0.2, 0.25) is 0 Å². The molecule has 0 radical (unpaired) electrons. The maximum absolute atomic E-state index is 12.8. The minimum absolute atomic E-state index is 0.183. The number of amides is 1. The molecule has 1 aromatic carbocycles. The lowest BCUT2D eigenvalue weighted by Crippen LogP contribution is -2.43. The number of thiazole rings is 1. The molecule has 10 heteroatoms. The fraction of sp³-hybridized carbons (Fsp3) is 0.333. The Morgan fingerprint density at radius 2 is 2.13 bits per heavy atom. The number of nitrogens with one attached hydrogen (secondary N) is 1. The molecule has 1 saturated heterocycles. The predicted octanol–water partition coefficient (Wildman–Crippen LogP) is 4.23. The van der Waals surface area contributed by atoms with Gasteiger partial charge in [0.2, 0.25) is 5.91 Å². The highest BCUT2D eigenvalue weighted by Gasteiger charge is 2.34. The maximum Gasteiger partial charge on any atom is 0.252 e. The predicted molar refractivity (Wildman–Crippen MR) is 123 cm³/mol. The monoisotopic (exact) mass is 477 g/mol. The number of hydrogen-bond acceptors (Lipinski definition) is 7. The normalized spacial score (nSPS) is 17.4. The SMILES string of the molecule is COc1ccc(-c2csc(NC(=O)C3CCCN(S(=O)(=O)c4cccs4)C3)n2)cc1C. The second-order valence-corrected chi connectivity index (χ2v) is 11.3. The third-order valence-corrected chi connectivity index (χ3v) is 9.26. The van der Waals surface area contributed by atoms with Crippen LogP contribution >= 0.6 is 22.7 Å². The molecule has 1 fully saturated rings. The number of thiophene rings is 1. The first-order chi connectivity index (χ1) is 14.9. The van der Waals surface area contributed by atoms with Crippen LogP contribution in [0.25, 0.3) is 11.3 Å². The average molecular weight is 478 g/mol. The number of aryl methyl sites for hydroxylation is 1. The van der Waals surface area contributed by atoms with Crippen LogP contribution in [-0.4, -0.2) is 43.8 Å². The van der Waals surface area contributed by atoms with Crippen LogP contribution in [0.4, 0.5) is 5.13 Å². The lowest BCUT2D eigenvalue weighted by Gasteiger charge is -2.30. The van der Waals surface area contributed by atoms with E-state index in [0.29, 0.717) is 28.7 Å². The van der Waals surface area contributed by atoms with Crippen molar-refractivity contribution in [2.45, 2.75) is 24.0 Å². The number of anilines is 1. The van der Waals surface area contributed by atoms with E-state index in [2.05, 4.69) is 10.3 Å². The minimum Gasteiger partial charge on any atom is -0.496 e. The number of sulfonamides is 1. The fourth-order valence-electron chi connectivity index (χ4n) is 3.62. The summed E-state index contributed by atoms with van der Waals surface area (Å²) in [6.45, 7) is 2.58. The molecule has 1 aliphatic rings. The molecule has 0 bridgehead atoms. The third kappa shape index (κ3) is 4.67. The summed E-state index contributed by atoms with van der Waals surface area (Å²) >= 11 is 2.55. The zero-order chi connectivity index (χ0) is 22.0. The van der Waals surface area contributed by atoms with Gasteiger partial charge >= 0.3 is 0 Å². The second-order valence-electron chi connectivity index (χ2n) is 7.35. The van der Waals surface area contributed by atoms with Gasteiger partial charge in [-0.1, -0.05) is 6.07 Å². The van der Waals surface area contributed by atoms with Crippen molar-refractivity contribution >= 4 is 43.7 Å². The van der Waals surface area contributed by atoms with Crippen molar-refractivity contribution in [3.05, 3.63) is 46.7 Å². The van der Waals surface area contributed by atoms with Crippen LogP contribution in [0.1, 0.15) is 18.4 Å². The first-order valence-corrected chi connectivity index (χ1v) is 13.0. The average Bonchev–Trinajstić information content (AvgIpc) is 3.46. The smallest absolute Gasteiger partial charge is 0.252 e. The molecule has 4 rings (SSSR count). The van der Waals surface area contributed by atoms with E-state index in [9.17, 15) is 13.2 Å². The van der Waals surface area contributed by atoms with Gasteiger partial charge in [0, 0.05) is 24.0 Å². The summed E-state index contributed by atoms with van der Waals surface area (Å²) in [7, 11) is -1.92. The number of carbonyl (C=O) groups is 1. The third-order valence-electron chi connectivity index (χ3n) is 5.27. The summed E-state index contributed by atoms with van der Waals surface area (Å²) in [6, 6.07) is 9.14. The van der Waals surface area contributed by atoms with Gasteiger partial charge < -0.3 is 10.1 Å². The van der Waals surface area contributed by atoms with E-state index in [4.69, 9.17) is 4.74 Å². The highest BCUT2D eigenvalue weighted by molar-refractivity contribution is 7.91. The number of methoxy groups -OCH3 is 1.